The van der Waals surface area contributed by atoms with Crippen molar-refractivity contribution in [1.29, 1.82) is 0 Å². The molecule has 0 saturated carbocycles. The molecule has 17 heavy (non-hydrogen) atoms. The summed E-state index contributed by atoms with van der Waals surface area (Å²) in [5.74, 6) is -0.0477. The van der Waals surface area contributed by atoms with Gasteiger partial charge in [0.15, 0.2) is 0 Å². The van der Waals surface area contributed by atoms with E-state index in [-0.39, 0.29) is 12.4 Å². The van der Waals surface area contributed by atoms with Crippen molar-refractivity contribution in [3.63, 3.8) is 0 Å². The second kappa shape index (κ2) is 5.01. The molecule has 0 atom stereocenters. The molecule has 0 aromatic heterocycles. The van der Waals surface area contributed by atoms with Crippen LogP contribution in [-0.2, 0) is 15.9 Å². The van der Waals surface area contributed by atoms with Gasteiger partial charge in [0.05, 0.1) is 0 Å². The lowest BCUT2D eigenvalue weighted by molar-refractivity contribution is 0.251. The van der Waals surface area contributed by atoms with Crippen molar-refractivity contribution in [2.75, 3.05) is 6.61 Å². The first-order valence-corrected chi connectivity index (χ1v) is 6.41. The lowest BCUT2D eigenvalue weighted by Crippen LogP contribution is -2.20. The van der Waals surface area contributed by atoms with Crippen molar-refractivity contribution < 1.29 is 21.6 Å². The van der Waals surface area contributed by atoms with Crippen molar-refractivity contribution in [1.82, 2.24) is 0 Å². The number of aliphatic hydroxyl groups excluding tert-OH is 1. The molecule has 0 aliphatic heterocycles. The second-order valence-electron chi connectivity index (χ2n) is 4.33. The maximum absolute atomic E-state index is 12.5. The summed E-state index contributed by atoms with van der Waals surface area (Å²) in [5.41, 5.74) is 0.0334. The van der Waals surface area contributed by atoms with Gasteiger partial charge in [0.1, 0.15) is 5.75 Å². The summed E-state index contributed by atoms with van der Waals surface area (Å²) in [5, 5.41) is 8.95. The zero-order chi connectivity index (χ0) is 13.1. The first kappa shape index (κ1) is 13.9. The quantitative estimate of drug-likeness (QED) is 0.824. The largest absolute Gasteiger partial charge is 0.488 e. The molecule has 0 bridgehead atoms. The summed E-state index contributed by atoms with van der Waals surface area (Å²) in [6, 6.07) is 6.28. The first-order chi connectivity index (χ1) is 7.76. The lowest BCUT2D eigenvalue weighted by atomic mass is 9.81. The number of hydrogen-bond donors (Lipinski definition) is 1. The van der Waals surface area contributed by atoms with Crippen LogP contribution in [0.4, 0.5) is 3.89 Å². The van der Waals surface area contributed by atoms with Gasteiger partial charge in [0, 0.05) is 12.2 Å². The van der Waals surface area contributed by atoms with E-state index in [1.165, 1.54) is 6.07 Å². The standard InChI is InChI=1S/C11H15FO4S/c1-11(2,7-8-13)9-5-3-4-6-10(9)16-17(12,14)15/h3-6,13H,7-8H2,1-2H3. The van der Waals surface area contributed by atoms with Gasteiger partial charge in [-0.1, -0.05) is 35.9 Å². The minimum atomic E-state index is -5.04. The van der Waals surface area contributed by atoms with E-state index in [9.17, 15) is 12.3 Å². The smallest absolute Gasteiger partial charge is 0.396 e. The molecule has 0 saturated heterocycles. The fourth-order valence-electron chi connectivity index (χ4n) is 1.62. The summed E-state index contributed by atoms with van der Waals surface area (Å²) in [6.45, 7) is 3.58. The van der Waals surface area contributed by atoms with Gasteiger partial charge >= 0.3 is 10.5 Å². The second-order valence-corrected chi connectivity index (χ2v) is 5.28. The number of halogens is 1. The third-order valence-corrected chi connectivity index (χ3v) is 2.92. The Balaban J connectivity index is 3.16. The summed E-state index contributed by atoms with van der Waals surface area (Å²) >= 11 is 0. The Morgan fingerprint density at radius 2 is 1.94 bits per heavy atom. The van der Waals surface area contributed by atoms with Gasteiger partial charge in [0.25, 0.3) is 0 Å². The van der Waals surface area contributed by atoms with Gasteiger partial charge in [0.2, 0.25) is 0 Å². The third kappa shape index (κ3) is 3.98. The molecular formula is C11H15FO4S. The normalized spacial score (nSPS) is 12.5. The highest BCUT2D eigenvalue weighted by Gasteiger charge is 2.25. The topological polar surface area (TPSA) is 63.6 Å². The Morgan fingerprint density at radius 1 is 1.35 bits per heavy atom. The zero-order valence-electron chi connectivity index (χ0n) is 9.68. The molecule has 0 aliphatic rings. The van der Waals surface area contributed by atoms with Gasteiger partial charge in [-0.25, -0.2) is 0 Å². The van der Waals surface area contributed by atoms with Crippen molar-refractivity contribution in [2.24, 2.45) is 0 Å². The van der Waals surface area contributed by atoms with Crippen LogP contribution in [0.3, 0.4) is 0 Å². The van der Waals surface area contributed by atoms with E-state index in [1.54, 1.807) is 18.2 Å². The first-order valence-electron chi connectivity index (χ1n) is 5.11. The minimum Gasteiger partial charge on any atom is -0.396 e. The third-order valence-electron chi connectivity index (χ3n) is 2.54. The SMILES string of the molecule is CC(C)(CCO)c1ccccc1OS(=O)(=O)F. The molecule has 0 spiro atoms. The van der Waals surface area contributed by atoms with E-state index in [0.717, 1.165) is 0 Å². The predicted molar refractivity (Wildman–Crippen MR) is 61.8 cm³/mol. The van der Waals surface area contributed by atoms with Crippen molar-refractivity contribution in [3.05, 3.63) is 29.8 Å². The summed E-state index contributed by atoms with van der Waals surface area (Å²) in [6.07, 6.45) is 0.416. The molecule has 0 heterocycles. The molecule has 0 amide bonds. The van der Waals surface area contributed by atoms with Gasteiger partial charge < -0.3 is 9.29 Å². The number of para-hydroxylation sites is 1. The number of hydrogen-bond acceptors (Lipinski definition) is 4. The average Bonchev–Trinajstić information content (AvgIpc) is 2.15. The number of rotatable bonds is 5. The Kier molecular flexibility index (Phi) is 4.11. The zero-order valence-corrected chi connectivity index (χ0v) is 10.5. The molecule has 1 aromatic carbocycles. The molecule has 0 radical (unpaired) electrons. The number of aliphatic hydroxyl groups is 1. The molecule has 96 valence electrons. The van der Waals surface area contributed by atoms with E-state index in [2.05, 4.69) is 4.18 Å². The Morgan fingerprint density at radius 3 is 2.47 bits per heavy atom. The van der Waals surface area contributed by atoms with Crippen LogP contribution >= 0.6 is 0 Å². The van der Waals surface area contributed by atoms with E-state index >= 15 is 0 Å². The maximum atomic E-state index is 12.5. The summed E-state index contributed by atoms with van der Waals surface area (Å²) in [4.78, 5) is 0. The van der Waals surface area contributed by atoms with Crippen LogP contribution < -0.4 is 4.18 Å². The van der Waals surface area contributed by atoms with Gasteiger partial charge in [-0.3, -0.25) is 0 Å². The van der Waals surface area contributed by atoms with Gasteiger partial charge in [-0.05, 0) is 17.9 Å². The van der Waals surface area contributed by atoms with E-state index in [4.69, 9.17) is 5.11 Å². The van der Waals surface area contributed by atoms with Crippen LogP contribution in [0.2, 0.25) is 0 Å². The Hall–Kier alpha value is -1.14. The van der Waals surface area contributed by atoms with Crippen LogP contribution in [0.25, 0.3) is 0 Å². The van der Waals surface area contributed by atoms with Crippen molar-refractivity contribution >= 4 is 10.5 Å². The predicted octanol–water partition coefficient (Wildman–Crippen LogP) is 1.94. The monoisotopic (exact) mass is 262 g/mol. The molecule has 1 N–H and O–H groups in total. The van der Waals surface area contributed by atoms with E-state index in [0.29, 0.717) is 12.0 Å². The maximum Gasteiger partial charge on any atom is 0.488 e. The number of benzene rings is 1. The Labute approximate surface area is 100 Å². The average molecular weight is 262 g/mol. The minimum absolute atomic E-state index is 0.0477. The van der Waals surface area contributed by atoms with Crippen LogP contribution in [-0.4, -0.2) is 20.1 Å². The van der Waals surface area contributed by atoms with Crippen molar-refractivity contribution in [2.45, 2.75) is 25.7 Å². The fourth-order valence-corrected chi connectivity index (χ4v) is 1.98. The molecule has 0 unspecified atom stereocenters. The van der Waals surface area contributed by atoms with Crippen LogP contribution in [0.15, 0.2) is 24.3 Å². The molecule has 6 heteroatoms. The molecule has 0 aliphatic carbocycles. The molecule has 0 fully saturated rings. The molecule has 1 aromatic rings. The highest BCUT2D eigenvalue weighted by Crippen LogP contribution is 2.34. The van der Waals surface area contributed by atoms with Crippen LogP contribution in [0.1, 0.15) is 25.8 Å². The highest BCUT2D eigenvalue weighted by molar-refractivity contribution is 7.81. The molecule has 1 rings (SSSR count). The van der Waals surface area contributed by atoms with E-state index < -0.39 is 15.9 Å². The lowest BCUT2D eigenvalue weighted by Gasteiger charge is -2.25. The van der Waals surface area contributed by atoms with Gasteiger partial charge in [-0.2, -0.15) is 8.42 Å². The summed E-state index contributed by atoms with van der Waals surface area (Å²) < 4.78 is 37.8. The highest BCUT2D eigenvalue weighted by atomic mass is 32.3. The van der Waals surface area contributed by atoms with Gasteiger partial charge in [-0.15, -0.1) is 0 Å². The molecular weight excluding hydrogens is 247 g/mol. The van der Waals surface area contributed by atoms with Crippen molar-refractivity contribution in [3.8, 4) is 5.75 Å². The van der Waals surface area contributed by atoms with E-state index in [1.807, 2.05) is 13.8 Å². The Bertz CT molecular complexity index is 482. The van der Waals surface area contributed by atoms with Crippen LogP contribution in [0.5, 0.6) is 5.75 Å². The van der Waals surface area contributed by atoms with Crippen LogP contribution in [0, 0.1) is 0 Å². The fraction of sp³-hybridized carbons (Fsp3) is 0.455. The molecule has 4 nitrogen and oxygen atoms in total. The summed E-state index contributed by atoms with van der Waals surface area (Å²) in [7, 11) is -5.04.